The Labute approximate surface area is 157 Å². The third-order valence-electron chi connectivity index (χ3n) is 4.74. The van der Waals surface area contributed by atoms with Crippen LogP contribution in [-0.4, -0.2) is 26.9 Å². The molecule has 0 heterocycles. The number of rotatable bonds is 10. The van der Waals surface area contributed by atoms with E-state index in [0.717, 1.165) is 35.8 Å². The van der Waals surface area contributed by atoms with E-state index in [1.807, 2.05) is 24.3 Å². The Morgan fingerprint density at radius 1 is 0.923 bits per heavy atom. The van der Waals surface area contributed by atoms with Crippen molar-refractivity contribution in [2.24, 2.45) is 0 Å². The molecule has 0 fully saturated rings. The van der Waals surface area contributed by atoms with Gasteiger partial charge < -0.3 is 19.5 Å². The van der Waals surface area contributed by atoms with Crippen LogP contribution in [0.2, 0.25) is 0 Å². The van der Waals surface area contributed by atoms with Gasteiger partial charge in [0.25, 0.3) is 0 Å². The molecule has 2 aromatic rings. The van der Waals surface area contributed by atoms with Crippen molar-refractivity contribution in [3.05, 3.63) is 48.0 Å². The van der Waals surface area contributed by atoms with Crippen LogP contribution < -0.4 is 19.5 Å². The fraction of sp³-hybridized carbons (Fsp3) is 0.455. The maximum Gasteiger partial charge on any atom is 0.142 e. The molecule has 2 atom stereocenters. The SMILES string of the molecule is CCC(CNc1cc(OC)ccc1OC)Oc1ccccc1C(C)CC. The Morgan fingerprint density at radius 2 is 1.69 bits per heavy atom. The lowest BCUT2D eigenvalue weighted by molar-refractivity contribution is 0.207. The Morgan fingerprint density at radius 3 is 2.35 bits per heavy atom. The summed E-state index contributed by atoms with van der Waals surface area (Å²) in [5.74, 6) is 3.05. The molecule has 26 heavy (non-hydrogen) atoms. The number of methoxy groups -OCH3 is 2. The fourth-order valence-corrected chi connectivity index (χ4v) is 2.84. The van der Waals surface area contributed by atoms with Gasteiger partial charge in [0.2, 0.25) is 0 Å². The van der Waals surface area contributed by atoms with Crippen LogP contribution in [-0.2, 0) is 0 Å². The number of benzene rings is 2. The molecular weight excluding hydrogens is 326 g/mol. The summed E-state index contributed by atoms with van der Waals surface area (Å²) in [6, 6.07) is 14.1. The molecule has 0 aromatic heterocycles. The molecule has 2 aromatic carbocycles. The number of anilines is 1. The molecule has 4 heteroatoms. The Kier molecular flexibility index (Phi) is 7.64. The van der Waals surface area contributed by atoms with E-state index in [2.05, 4.69) is 44.3 Å². The van der Waals surface area contributed by atoms with E-state index in [0.29, 0.717) is 12.5 Å². The molecule has 0 saturated carbocycles. The highest BCUT2D eigenvalue weighted by Crippen LogP contribution is 2.31. The van der Waals surface area contributed by atoms with Gasteiger partial charge in [-0.15, -0.1) is 0 Å². The Balaban J connectivity index is 2.09. The van der Waals surface area contributed by atoms with Gasteiger partial charge in [0.1, 0.15) is 23.4 Å². The second-order valence-electron chi connectivity index (χ2n) is 6.44. The fourth-order valence-electron chi connectivity index (χ4n) is 2.84. The highest BCUT2D eigenvalue weighted by molar-refractivity contribution is 5.59. The van der Waals surface area contributed by atoms with Crippen LogP contribution in [0.15, 0.2) is 42.5 Å². The zero-order valence-electron chi connectivity index (χ0n) is 16.5. The molecular formula is C22H31NO3. The zero-order valence-corrected chi connectivity index (χ0v) is 16.5. The molecule has 2 rings (SSSR count). The molecule has 0 bridgehead atoms. The predicted molar refractivity (Wildman–Crippen MR) is 108 cm³/mol. The Hall–Kier alpha value is -2.36. The molecule has 1 N–H and O–H groups in total. The van der Waals surface area contributed by atoms with Crippen LogP contribution in [0.25, 0.3) is 0 Å². The molecule has 2 unspecified atom stereocenters. The summed E-state index contributed by atoms with van der Waals surface area (Å²) in [6.07, 6.45) is 2.07. The lowest BCUT2D eigenvalue weighted by atomic mass is 9.98. The van der Waals surface area contributed by atoms with Gasteiger partial charge >= 0.3 is 0 Å². The Bertz CT molecular complexity index is 687. The standard InChI is InChI=1S/C22H31NO3/c1-6-16(3)19-10-8-9-11-21(19)26-17(7-2)15-23-20-14-18(24-4)12-13-22(20)25-5/h8-14,16-17,23H,6-7,15H2,1-5H3. The molecule has 0 radical (unpaired) electrons. The van der Waals surface area contributed by atoms with Gasteiger partial charge in [-0.3, -0.25) is 0 Å². The van der Waals surface area contributed by atoms with E-state index >= 15 is 0 Å². The van der Waals surface area contributed by atoms with E-state index in [1.165, 1.54) is 5.56 Å². The number of hydrogen-bond acceptors (Lipinski definition) is 4. The smallest absolute Gasteiger partial charge is 0.142 e. The maximum atomic E-state index is 6.33. The largest absolute Gasteiger partial charge is 0.497 e. The van der Waals surface area contributed by atoms with Crippen molar-refractivity contribution in [3.63, 3.8) is 0 Å². The van der Waals surface area contributed by atoms with Crippen LogP contribution >= 0.6 is 0 Å². The van der Waals surface area contributed by atoms with Crippen molar-refractivity contribution in [1.29, 1.82) is 0 Å². The summed E-state index contributed by atoms with van der Waals surface area (Å²) in [7, 11) is 3.33. The van der Waals surface area contributed by atoms with Gasteiger partial charge in [-0.1, -0.05) is 39.0 Å². The van der Waals surface area contributed by atoms with E-state index in [1.54, 1.807) is 14.2 Å². The van der Waals surface area contributed by atoms with Gasteiger partial charge in [0.15, 0.2) is 0 Å². The summed E-state index contributed by atoms with van der Waals surface area (Å²) in [5, 5.41) is 3.44. The van der Waals surface area contributed by atoms with Crippen molar-refractivity contribution in [2.45, 2.75) is 45.6 Å². The summed E-state index contributed by atoms with van der Waals surface area (Å²) in [4.78, 5) is 0. The lowest BCUT2D eigenvalue weighted by Gasteiger charge is -2.23. The first-order chi connectivity index (χ1) is 12.6. The van der Waals surface area contributed by atoms with Crippen LogP contribution in [0.5, 0.6) is 17.2 Å². The quantitative estimate of drug-likeness (QED) is 0.610. The van der Waals surface area contributed by atoms with E-state index < -0.39 is 0 Å². The van der Waals surface area contributed by atoms with Crippen molar-refractivity contribution in [2.75, 3.05) is 26.1 Å². The van der Waals surface area contributed by atoms with Gasteiger partial charge in [0, 0.05) is 6.07 Å². The molecule has 0 aliphatic carbocycles. The molecule has 0 amide bonds. The van der Waals surface area contributed by atoms with Crippen molar-refractivity contribution < 1.29 is 14.2 Å². The van der Waals surface area contributed by atoms with Crippen LogP contribution in [0.1, 0.15) is 45.1 Å². The first-order valence-corrected chi connectivity index (χ1v) is 9.34. The summed E-state index contributed by atoms with van der Waals surface area (Å²) in [6.45, 7) is 7.27. The summed E-state index contributed by atoms with van der Waals surface area (Å²) < 4.78 is 17.1. The molecule has 0 aliphatic rings. The average Bonchev–Trinajstić information content (AvgIpc) is 2.70. The van der Waals surface area contributed by atoms with Gasteiger partial charge in [0.05, 0.1) is 26.5 Å². The molecule has 0 saturated heterocycles. The van der Waals surface area contributed by atoms with Crippen LogP contribution in [0, 0.1) is 0 Å². The predicted octanol–water partition coefficient (Wildman–Crippen LogP) is 5.49. The molecule has 4 nitrogen and oxygen atoms in total. The second-order valence-corrected chi connectivity index (χ2v) is 6.44. The van der Waals surface area contributed by atoms with Crippen molar-refractivity contribution in [3.8, 4) is 17.2 Å². The monoisotopic (exact) mass is 357 g/mol. The first-order valence-electron chi connectivity index (χ1n) is 9.34. The molecule has 0 aliphatic heterocycles. The van der Waals surface area contributed by atoms with Gasteiger partial charge in [-0.2, -0.15) is 0 Å². The average molecular weight is 357 g/mol. The number of ether oxygens (including phenoxy) is 3. The second kappa shape index (κ2) is 9.95. The van der Waals surface area contributed by atoms with Gasteiger partial charge in [-0.05, 0) is 42.5 Å². The lowest BCUT2D eigenvalue weighted by Crippen LogP contribution is -2.26. The topological polar surface area (TPSA) is 39.7 Å². The third kappa shape index (κ3) is 5.07. The normalized spacial score (nSPS) is 13.0. The highest BCUT2D eigenvalue weighted by atomic mass is 16.5. The molecule has 142 valence electrons. The number of para-hydroxylation sites is 1. The van der Waals surface area contributed by atoms with Crippen molar-refractivity contribution >= 4 is 5.69 Å². The van der Waals surface area contributed by atoms with E-state index in [4.69, 9.17) is 14.2 Å². The van der Waals surface area contributed by atoms with Gasteiger partial charge in [-0.25, -0.2) is 0 Å². The first kappa shape index (κ1) is 20.0. The van der Waals surface area contributed by atoms with E-state index in [-0.39, 0.29) is 6.10 Å². The number of nitrogens with one attached hydrogen (secondary N) is 1. The minimum Gasteiger partial charge on any atom is -0.497 e. The molecule has 0 spiro atoms. The minimum absolute atomic E-state index is 0.0658. The van der Waals surface area contributed by atoms with Crippen LogP contribution in [0.3, 0.4) is 0 Å². The highest BCUT2D eigenvalue weighted by Gasteiger charge is 2.15. The van der Waals surface area contributed by atoms with E-state index in [9.17, 15) is 0 Å². The van der Waals surface area contributed by atoms with Crippen molar-refractivity contribution in [1.82, 2.24) is 0 Å². The zero-order chi connectivity index (χ0) is 18.9. The summed E-state index contributed by atoms with van der Waals surface area (Å²) >= 11 is 0. The summed E-state index contributed by atoms with van der Waals surface area (Å²) in [5.41, 5.74) is 2.18. The third-order valence-corrected chi connectivity index (χ3v) is 4.74. The minimum atomic E-state index is 0.0658. The number of hydrogen-bond donors (Lipinski definition) is 1. The van der Waals surface area contributed by atoms with Crippen LogP contribution in [0.4, 0.5) is 5.69 Å². The maximum absolute atomic E-state index is 6.33.